The molecule has 4 rings (SSSR count). The van der Waals surface area contributed by atoms with Crippen LogP contribution in [0.4, 0.5) is 5.69 Å². The predicted molar refractivity (Wildman–Crippen MR) is 108 cm³/mol. The first-order valence-corrected chi connectivity index (χ1v) is 8.75. The number of hydrogen-bond donors (Lipinski definition) is 0. The number of rotatable bonds is 5. The molecule has 1 heterocycles. The summed E-state index contributed by atoms with van der Waals surface area (Å²) in [4.78, 5) is 31.8. The first kappa shape index (κ1) is 18.2. The zero-order chi connectivity index (χ0) is 20.4. The highest BCUT2D eigenvalue weighted by Gasteiger charge is 2.13. The number of methoxy groups -OCH3 is 1. The molecular formula is C22H15N3O4. The molecule has 7 nitrogen and oxygen atoms in total. The molecule has 0 unspecified atom stereocenters. The molecule has 3 aromatic carbocycles. The van der Waals surface area contributed by atoms with Gasteiger partial charge >= 0.3 is 0 Å². The standard InChI is InChI=1S/C22H15N3O4/c1-29-18-9-4-15(5-10-18)22(26)16-6-11-19-20(12-16)23-13-24-21(19)14-2-7-17(8-3-14)25(27)28/h2-13H,1H3. The molecule has 0 radical (unpaired) electrons. The van der Waals surface area contributed by atoms with E-state index in [1.54, 1.807) is 61.7 Å². The van der Waals surface area contributed by atoms with Gasteiger partial charge in [0.15, 0.2) is 5.78 Å². The zero-order valence-electron chi connectivity index (χ0n) is 15.4. The quantitative estimate of drug-likeness (QED) is 0.286. The Labute approximate surface area is 165 Å². The maximum absolute atomic E-state index is 12.8. The number of ether oxygens (including phenoxy) is 1. The SMILES string of the molecule is COc1ccc(C(=O)c2ccc3c(-c4ccc([N+](=O)[O-])cc4)ncnc3c2)cc1. The van der Waals surface area contributed by atoms with E-state index in [9.17, 15) is 14.9 Å². The lowest BCUT2D eigenvalue weighted by atomic mass is 10.00. The Balaban J connectivity index is 1.72. The highest BCUT2D eigenvalue weighted by Crippen LogP contribution is 2.28. The van der Waals surface area contributed by atoms with Gasteiger partial charge in [0.2, 0.25) is 0 Å². The molecular weight excluding hydrogens is 370 g/mol. The number of nitro groups is 1. The van der Waals surface area contributed by atoms with Gasteiger partial charge < -0.3 is 4.74 Å². The average Bonchev–Trinajstić information content (AvgIpc) is 2.78. The molecule has 7 heteroatoms. The number of fused-ring (bicyclic) bond motifs is 1. The topological polar surface area (TPSA) is 95.2 Å². The van der Waals surface area contributed by atoms with E-state index < -0.39 is 4.92 Å². The van der Waals surface area contributed by atoms with Crippen molar-refractivity contribution in [2.75, 3.05) is 7.11 Å². The number of benzene rings is 3. The van der Waals surface area contributed by atoms with E-state index in [0.717, 1.165) is 10.9 Å². The van der Waals surface area contributed by atoms with E-state index >= 15 is 0 Å². The summed E-state index contributed by atoms with van der Waals surface area (Å²) in [6.45, 7) is 0. The van der Waals surface area contributed by atoms with E-state index in [-0.39, 0.29) is 11.5 Å². The van der Waals surface area contributed by atoms with Crippen molar-refractivity contribution < 1.29 is 14.5 Å². The van der Waals surface area contributed by atoms with E-state index in [1.807, 2.05) is 0 Å². The zero-order valence-corrected chi connectivity index (χ0v) is 15.4. The highest BCUT2D eigenvalue weighted by atomic mass is 16.6. The maximum Gasteiger partial charge on any atom is 0.269 e. The normalized spacial score (nSPS) is 10.7. The first-order valence-electron chi connectivity index (χ1n) is 8.75. The Morgan fingerprint density at radius 3 is 2.28 bits per heavy atom. The summed E-state index contributed by atoms with van der Waals surface area (Å²) in [6.07, 6.45) is 1.42. The second kappa shape index (κ2) is 7.47. The van der Waals surface area contributed by atoms with Gasteiger partial charge in [0.1, 0.15) is 12.1 Å². The number of non-ortho nitro benzene ring substituents is 1. The molecule has 0 aliphatic rings. The Kier molecular flexibility index (Phi) is 4.70. The second-order valence-electron chi connectivity index (χ2n) is 6.32. The van der Waals surface area contributed by atoms with Crippen molar-refractivity contribution in [3.63, 3.8) is 0 Å². The number of nitro benzene ring substituents is 1. The minimum Gasteiger partial charge on any atom is -0.497 e. The molecule has 0 saturated heterocycles. The third-order valence-electron chi connectivity index (χ3n) is 4.60. The summed E-state index contributed by atoms with van der Waals surface area (Å²) in [6, 6.07) is 18.3. The van der Waals surface area contributed by atoms with Crippen LogP contribution in [0.1, 0.15) is 15.9 Å². The molecule has 29 heavy (non-hydrogen) atoms. The summed E-state index contributed by atoms with van der Waals surface area (Å²) in [7, 11) is 1.57. The molecule has 0 aliphatic heterocycles. The molecule has 0 spiro atoms. The Hall–Kier alpha value is -4.13. The van der Waals surface area contributed by atoms with Gasteiger partial charge in [0.05, 0.1) is 23.2 Å². The fraction of sp³-hybridized carbons (Fsp3) is 0.0455. The van der Waals surface area contributed by atoms with Crippen LogP contribution in [0.2, 0.25) is 0 Å². The van der Waals surface area contributed by atoms with E-state index in [1.165, 1.54) is 18.5 Å². The molecule has 0 amide bonds. The van der Waals surface area contributed by atoms with Gasteiger partial charge in [-0.2, -0.15) is 0 Å². The van der Waals surface area contributed by atoms with Crippen molar-refractivity contribution in [2.45, 2.75) is 0 Å². The van der Waals surface area contributed by atoms with Gasteiger partial charge in [-0.15, -0.1) is 0 Å². The highest BCUT2D eigenvalue weighted by molar-refractivity contribution is 6.11. The summed E-state index contributed by atoms with van der Waals surface area (Å²) in [5.41, 5.74) is 3.07. The second-order valence-corrected chi connectivity index (χ2v) is 6.32. The number of nitrogens with zero attached hydrogens (tertiary/aromatic N) is 3. The number of ketones is 1. The van der Waals surface area contributed by atoms with E-state index in [0.29, 0.717) is 28.1 Å². The average molecular weight is 385 g/mol. The van der Waals surface area contributed by atoms with Gasteiger partial charge in [0.25, 0.3) is 5.69 Å². The van der Waals surface area contributed by atoms with Gasteiger partial charge in [-0.25, -0.2) is 9.97 Å². The fourth-order valence-electron chi connectivity index (χ4n) is 3.08. The van der Waals surface area contributed by atoms with Crippen LogP contribution in [-0.2, 0) is 0 Å². The van der Waals surface area contributed by atoms with Gasteiger partial charge in [-0.3, -0.25) is 14.9 Å². The van der Waals surface area contributed by atoms with Crippen molar-refractivity contribution in [2.24, 2.45) is 0 Å². The van der Waals surface area contributed by atoms with Gasteiger partial charge in [-0.1, -0.05) is 6.07 Å². The molecule has 0 saturated carbocycles. The largest absolute Gasteiger partial charge is 0.497 e. The molecule has 1 aromatic heterocycles. The van der Waals surface area contributed by atoms with Crippen LogP contribution in [0.15, 0.2) is 73.1 Å². The third-order valence-corrected chi connectivity index (χ3v) is 4.60. The minimum absolute atomic E-state index is 0.0134. The van der Waals surface area contributed by atoms with E-state index in [2.05, 4.69) is 9.97 Å². The molecule has 142 valence electrons. The summed E-state index contributed by atoms with van der Waals surface area (Å²) in [5, 5.41) is 11.6. The lowest BCUT2D eigenvalue weighted by molar-refractivity contribution is -0.384. The van der Waals surface area contributed by atoms with Crippen molar-refractivity contribution in [3.8, 4) is 17.0 Å². The van der Waals surface area contributed by atoms with Gasteiger partial charge in [-0.05, 0) is 48.5 Å². The summed E-state index contributed by atoms with van der Waals surface area (Å²) in [5.74, 6) is 0.561. The van der Waals surface area contributed by atoms with Crippen molar-refractivity contribution in [3.05, 3.63) is 94.3 Å². The number of carbonyl (C=O) groups is 1. The smallest absolute Gasteiger partial charge is 0.269 e. The van der Waals surface area contributed by atoms with Crippen molar-refractivity contribution in [1.29, 1.82) is 0 Å². The molecule has 0 atom stereocenters. The van der Waals surface area contributed by atoms with Crippen molar-refractivity contribution in [1.82, 2.24) is 9.97 Å². The van der Waals surface area contributed by atoms with Crippen LogP contribution in [0.3, 0.4) is 0 Å². The maximum atomic E-state index is 12.8. The molecule has 4 aromatic rings. The number of aromatic nitrogens is 2. The predicted octanol–water partition coefficient (Wildman–Crippen LogP) is 4.44. The van der Waals surface area contributed by atoms with Crippen LogP contribution in [0, 0.1) is 10.1 Å². The Bertz CT molecular complexity index is 1220. The Morgan fingerprint density at radius 2 is 1.62 bits per heavy atom. The minimum atomic E-state index is -0.446. The van der Waals surface area contributed by atoms with Crippen LogP contribution in [0.25, 0.3) is 22.2 Å². The van der Waals surface area contributed by atoms with Crippen LogP contribution < -0.4 is 4.74 Å². The van der Waals surface area contributed by atoms with Gasteiger partial charge in [0, 0.05) is 34.2 Å². The summed E-state index contributed by atoms with van der Waals surface area (Å²) >= 11 is 0. The van der Waals surface area contributed by atoms with Crippen LogP contribution in [0.5, 0.6) is 5.75 Å². The number of hydrogen-bond acceptors (Lipinski definition) is 6. The molecule has 0 bridgehead atoms. The molecule has 0 N–H and O–H groups in total. The molecule has 0 fully saturated rings. The lowest BCUT2D eigenvalue weighted by Gasteiger charge is -2.07. The fourth-order valence-corrected chi connectivity index (χ4v) is 3.08. The van der Waals surface area contributed by atoms with Crippen molar-refractivity contribution >= 4 is 22.4 Å². The van der Waals surface area contributed by atoms with Crippen LogP contribution >= 0.6 is 0 Å². The first-order chi connectivity index (χ1) is 14.1. The summed E-state index contributed by atoms with van der Waals surface area (Å²) < 4.78 is 5.12. The van der Waals surface area contributed by atoms with E-state index in [4.69, 9.17) is 4.74 Å². The lowest BCUT2D eigenvalue weighted by Crippen LogP contribution is -2.02. The molecule has 0 aliphatic carbocycles. The number of carbonyl (C=O) groups excluding carboxylic acids is 1. The monoisotopic (exact) mass is 385 g/mol. The van der Waals surface area contributed by atoms with Crippen LogP contribution in [-0.4, -0.2) is 27.8 Å². The Morgan fingerprint density at radius 1 is 0.931 bits per heavy atom. The third kappa shape index (κ3) is 3.53.